The normalized spacial score (nSPS) is 12.0. The highest BCUT2D eigenvalue weighted by Gasteiger charge is 2.29. The molecule has 1 atom stereocenters. The van der Waals surface area contributed by atoms with Crippen molar-refractivity contribution in [3.05, 3.63) is 68.7 Å². The lowest BCUT2D eigenvalue weighted by Gasteiger charge is -2.31. The van der Waals surface area contributed by atoms with Gasteiger partial charge < -0.3 is 10.2 Å². The van der Waals surface area contributed by atoms with E-state index in [0.29, 0.717) is 16.5 Å². The minimum absolute atomic E-state index is 0.0117. The molecule has 1 N–H and O–H groups in total. The van der Waals surface area contributed by atoms with E-state index in [9.17, 15) is 9.59 Å². The van der Waals surface area contributed by atoms with Crippen LogP contribution >= 0.6 is 23.2 Å². The van der Waals surface area contributed by atoms with Crippen LogP contribution < -0.4 is 5.32 Å². The molecule has 0 radical (unpaired) electrons. The molecule has 0 aromatic heterocycles. The van der Waals surface area contributed by atoms with Gasteiger partial charge in [0.2, 0.25) is 11.8 Å². The van der Waals surface area contributed by atoms with Crippen molar-refractivity contribution in [3.8, 4) is 0 Å². The van der Waals surface area contributed by atoms with E-state index in [1.54, 1.807) is 23.1 Å². The van der Waals surface area contributed by atoms with Gasteiger partial charge in [-0.25, -0.2) is 0 Å². The Balaban J connectivity index is 2.35. The van der Waals surface area contributed by atoms with Gasteiger partial charge in [-0.05, 0) is 68.5 Å². The smallest absolute Gasteiger partial charge is 0.243 e. The first-order valence-electron chi connectivity index (χ1n) is 10.2. The van der Waals surface area contributed by atoms with Gasteiger partial charge in [0.25, 0.3) is 0 Å². The highest BCUT2D eigenvalue weighted by molar-refractivity contribution is 6.35. The van der Waals surface area contributed by atoms with Gasteiger partial charge in [0, 0.05) is 22.6 Å². The minimum Gasteiger partial charge on any atom is -0.352 e. The van der Waals surface area contributed by atoms with E-state index in [1.807, 2.05) is 52.8 Å². The van der Waals surface area contributed by atoms with Gasteiger partial charge in [-0.3, -0.25) is 9.59 Å². The van der Waals surface area contributed by atoms with Crippen LogP contribution in [0.5, 0.6) is 0 Å². The van der Waals surface area contributed by atoms with Crippen LogP contribution in [0.15, 0.2) is 36.4 Å². The van der Waals surface area contributed by atoms with Gasteiger partial charge in [-0.1, -0.05) is 54.4 Å². The van der Waals surface area contributed by atoms with Crippen molar-refractivity contribution in [2.75, 3.05) is 0 Å². The molecule has 30 heavy (non-hydrogen) atoms. The molecule has 0 aliphatic rings. The van der Waals surface area contributed by atoms with Crippen LogP contribution in [0.4, 0.5) is 0 Å². The summed E-state index contributed by atoms with van der Waals surface area (Å²) in [7, 11) is 0. The van der Waals surface area contributed by atoms with E-state index >= 15 is 0 Å². The van der Waals surface area contributed by atoms with Crippen molar-refractivity contribution >= 4 is 35.0 Å². The van der Waals surface area contributed by atoms with Crippen molar-refractivity contribution in [2.24, 2.45) is 0 Å². The number of benzene rings is 2. The first-order valence-corrected chi connectivity index (χ1v) is 11.0. The largest absolute Gasteiger partial charge is 0.352 e. The maximum absolute atomic E-state index is 13.4. The summed E-state index contributed by atoms with van der Waals surface area (Å²) in [5, 5.41) is 3.94. The summed E-state index contributed by atoms with van der Waals surface area (Å²) in [5.41, 5.74) is 4.00. The van der Waals surface area contributed by atoms with E-state index in [1.165, 1.54) is 5.56 Å². The number of rotatable bonds is 8. The quantitative estimate of drug-likeness (QED) is 0.580. The second-order valence-electron chi connectivity index (χ2n) is 7.94. The minimum atomic E-state index is -0.585. The molecular weight excluding hydrogens is 419 g/mol. The van der Waals surface area contributed by atoms with Gasteiger partial charge >= 0.3 is 0 Å². The third-order valence-electron chi connectivity index (χ3n) is 5.10. The van der Waals surface area contributed by atoms with Gasteiger partial charge in [-0.15, -0.1) is 0 Å². The zero-order valence-electron chi connectivity index (χ0n) is 18.3. The Kier molecular flexibility index (Phi) is 8.75. The van der Waals surface area contributed by atoms with Gasteiger partial charge in [-0.2, -0.15) is 0 Å². The Morgan fingerprint density at radius 3 is 2.30 bits per heavy atom. The van der Waals surface area contributed by atoms with Crippen LogP contribution in [0, 0.1) is 13.8 Å². The van der Waals surface area contributed by atoms with Crippen molar-refractivity contribution in [3.63, 3.8) is 0 Å². The topological polar surface area (TPSA) is 49.4 Å². The predicted octanol–water partition coefficient (Wildman–Crippen LogP) is 5.48. The number of nitrogens with one attached hydrogen (secondary N) is 1. The van der Waals surface area contributed by atoms with E-state index in [4.69, 9.17) is 23.2 Å². The number of amides is 2. The summed E-state index contributed by atoms with van der Waals surface area (Å²) in [4.78, 5) is 27.8. The molecule has 1 unspecified atom stereocenters. The monoisotopic (exact) mass is 448 g/mol. The molecule has 162 valence electrons. The van der Waals surface area contributed by atoms with Crippen molar-refractivity contribution in [2.45, 2.75) is 66.1 Å². The van der Waals surface area contributed by atoms with Crippen LogP contribution in [0.1, 0.15) is 49.4 Å². The molecule has 2 amide bonds. The second kappa shape index (κ2) is 10.8. The summed E-state index contributed by atoms with van der Waals surface area (Å²) in [5.74, 6) is -0.277. The van der Waals surface area contributed by atoms with Crippen molar-refractivity contribution < 1.29 is 9.59 Å². The number of halogens is 2. The van der Waals surface area contributed by atoms with Crippen LogP contribution in [0.2, 0.25) is 10.0 Å². The third-order valence-corrected chi connectivity index (χ3v) is 5.69. The summed E-state index contributed by atoms with van der Waals surface area (Å²) in [6.45, 7) is 10.0. The van der Waals surface area contributed by atoms with Gasteiger partial charge in [0.1, 0.15) is 6.04 Å². The molecule has 6 heteroatoms. The lowest BCUT2D eigenvalue weighted by molar-refractivity contribution is -0.141. The molecule has 0 saturated carbocycles. The molecule has 0 aliphatic carbocycles. The maximum Gasteiger partial charge on any atom is 0.243 e. The first kappa shape index (κ1) is 24.2. The van der Waals surface area contributed by atoms with Crippen LogP contribution in [0.3, 0.4) is 0 Å². The fourth-order valence-electron chi connectivity index (χ4n) is 3.32. The Bertz CT molecular complexity index is 912. The summed E-state index contributed by atoms with van der Waals surface area (Å²) >= 11 is 12.4. The molecule has 4 nitrogen and oxygen atoms in total. The molecule has 0 bridgehead atoms. The molecule has 2 aromatic carbocycles. The number of hydrogen-bond acceptors (Lipinski definition) is 2. The fourth-order valence-corrected chi connectivity index (χ4v) is 3.79. The van der Waals surface area contributed by atoms with Crippen LogP contribution in [0.25, 0.3) is 0 Å². The average molecular weight is 449 g/mol. The molecular formula is C24H30Cl2N2O2. The Morgan fingerprint density at radius 2 is 1.73 bits per heavy atom. The van der Waals surface area contributed by atoms with Gasteiger partial charge in [0.05, 0.1) is 6.42 Å². The molecule has 0 fully saturated rings. The Morgan fingerprint density at radius 1 is 1.03 bits per heavy atom. The zero-order valence-corrected chi connectivity index (χ0v) is 19.8. The highest BCUT2D eigenvalue weighted by atomic mass is 35.5. The molecule has 2 rings (SSSR count). The van der Waals surface area contributed by atoms with E-state index in [-0.39, 0.29) is 30.8 Å². The van der Waals surface area contributed by atoms with E-state index in [0.717, 1.165) is 16.7 Å². The zero-order chi connectivity index (χ0) is 22.4. The molecule has 0 heterocycles. The third kappa shape index (κ3) is 6.48. The molecule has 0 spiro atoms. The van der Waals surface area contributed by atoms with E-state index < -0.39 is 6.04 Å². The van der Waals surface area contributed by atoms with Crippen LogP contribution in [-0.2, 0) is 22.6 Å². The van der Waals surface area contributed by atoms with Crippen molar-refractivity contribution in [1.29, 1.82) is 0 Å². The molecule has 0 saturated heterocycles. The number of hydrogen-bond donors (Lipinski definition) is 1. The maximum atomic E-state index is 13.4. The first-order chi connectivity index (χ1) is 14.1. The summed E-state index contributed by atoms with van der Waals surface area (Å²) in [6, 6.07) is 10.6. The Hall–Kier alpha value is -2.04. The molecule has 0 aliphatic heterocycles. The lowest BCUT2D eigenvalue weighted by Crippen LogP contribution is -2.50. The summed E-state index contributed by atoms with van der Waals surface area (Å²) in [6.07, 6.45) is 0.722. The summed E-state index contributed by atoms with van der Waals surface area (Å²) < 4.78 is 0. The highest BCUT2D eigenvalue weighted by Crippen LogP contribution is 2.24. The number of carbonyl (C=O) groups excluding carboxylic acids is 2. The standard InChI is InChI=1S/C24H30Cl2N2O2/c1-6-22(24(30)27-15(2)3)28(14-19-9-10-20(25)13-21(19)26)23(29)12-18-8-7-16(4)17(5)11-18/h7-11,13,15,22H,6,12,14H2,1-5H3,(H,27,30). The van der Waals surface area contributed by atoms with Gasteiger partial charge in [0.15, 0.2) is 0 Å². The number of aryl methyl sites for hydroxylation is 2. The SMILES string of the molecule is CCC(C(=O)NC(C)C)N(Cc1ccc(Cl)cc1Cl)C(=O)Cc1ccc(C)c(C)c1. The fraction of sp³-hybridized carbons (Fsp3) is 0.417. The molecule has 2 aromatic rings. The number of nitrogens with zero attached hydrogens (tertiary/aromatic N) is 1. The van der Waals surface area contributed by atoms with Crippen molar-refractivity contribution in [1.82, 2.24) is 10.2 Å². The average Bonchev–Trinajstić information content (AvgIpc) is 2.65. The predicted molar refractivity (Wildman–Crippen MR) is 124 cm³/mol. The second-order valence-corrected chi connectivity index (χ2v) is 8.78. The Labute approximate surface area is 189 Å². The number of carbonyl (C=O) groups is 2. The lowest BCUT2D eigenvalue weighted by atomic mass is 10.0. The van der Waals surface area contributed by atoms with Crippen LogP contribution in [-0.4, -0.2) is 28.8 Å². The van der Waals surface area contributed by atoms with E-state index in [2.05, 4.69) is 5.32 Å².